The summed E-state index contributed by atoms with van der Waals surface area (Å²) in [6, 6.07) is 11.2. The summed E-state index contributed by atoms with van der Waals surface area (Å²) in [5, 5.41) is 0. The highest BCUT2D eigenvalue weighted by molar-refractivity contribution is 7.85. The first-order valence-electron chi connectivity index (χ1n) is 5.53. The molecule has 1 aliphatic heterocycles. The summed E-state index contributed by atoms with van der Waals surface area (Å²) >= 11 is 0. The largest absolute Gasteiger partial charge is 0.497 e. The van der Waals surface area contributed by atoms with Crippen LogP contribution >= 0.6 is 0 Å². The summed E-state index contributed by atoms with van der Waals surface area (Å²) < 4.78 is 22.7. The molecule has 0 saturated carbocycles. The van der Waals surface area contributed by atoms with Crippen molar-refractivity contribution in [3.63, 3.8) is 0 Å². The van der Waals surface area contributed by atoms with Crippen LogP contribution in [0, 0.1) is 0 Å². The van der Waals surface area contributed by atoms with Crippen molar-refractivity contribution in [2.45, 2.75) is 9.79 Å². The number of ether oxygens (including phenoxy) is 2. The number of rotatable bonds is 2. The van der Waals surface area contributed by atoms with Gasteiger partial charge in [-0.05, 0) is 36.4 Å². The minimum Gasteiger partial charge on any atom is -0.497 e. The summed E-state index contributed by atoms with van der Waals surface area (Å²) in [6.45, 7) is 0. The molecule has 4 heteroatoms. The molecular formula is C14H12O3S. The summed E-state index contributed by atoms with van der Waals surface area (Å²) in [5.41, 5.74) is 1.92. The first kappa shape index (κ1) is 11.3. The van der Waals surface area contributed by atoms with Gasteiger partial charge in [-0.1, -0.05) is 0 Å². The van der Waals surface area contributed by atoms with Gasteiger partial charge in [0.1, 0.15) is 11.5 Å². The summed E-state index contributed by atoms with van der Waals surface area (Å²) in [5.74, 6) is 1.53. The fraction of sp³-hybridized carbons (Fsp3) is 0.143. The zero-order valence-electron chi connectivity index (χ0n) is 10.1. The summed E-state index contributed by atoms with van der Waals surface area (Å²) in [4.78, 5) is 1.66. The molecule has 1 aliphatic rings. The van der Waals surface area contributed by atoms with E-state index in [9.17, 15) is 4.21 Å². The zero-order chi connectivity index (χ0) is 12.7. The SMILES string of the molecule is COc1ccc2c(c1)-c1cc(OC)ccc1S2=O. The van der Waals surface area contributed by atoms with Crippen LogP contribution in [-0.4, -0.2) is 18.4 Å². The van der Waals surface area contributed by atoms with E-state index in [4.69, 9.17) is 9.47 Å². The molecule has 3 rings (SSSR count). The minimum absolute atomic E-state index is 0.765. The van der Waals surface area contributed by atoms with E-state index in [0.29, 0.717) is 0 Å². The van der Waals surface area contributed by atoms with Crippen LogP contribution < -0.4 is 9.47 Å². The Morgan fingerprint density at radius 3 is 1.67 bits per heavy atom. The Hall–Kier alpha value is -1.81. The Morgan fingerprint density at radius 2 is 1.28 bits per heavy atom. The first-order chi connectivity index (χ1) is 8.74. The van der Waals surface area contributed by atoms with Crippen molar-refractivity contribution in [1.82, 2.24) is 0 Å². The molecule has 0 atom stereocenters. The van der Waals surface area contributed by atoms with Gasteiger partial charge in [0.2, 0.25) is 0 Å². The highest BCUT2D eigenvalue weighted by Gasteiger charge is 2.26. The second-order valence-corrected chi connectivity index (χ2v) is 5.41. The molecule has 0 bridgehead atoms. The topological polar surface area (TPSA) is 35.5 Å². The van der Waals surface area contributed by atoms with Gasteiger partial charge in [-0.15, -0.1) is 0 Å². The summed E-state index contributed by atoms with van der Waals surface area (Å²) in [7, 11) is 2.15. The molecule has 0 N–H and O–H groups in total. The van der Waals surface area contributed by atoms with Crippen molar-refractivity contribution >= 4 is 10.8 Å². The van der Waals surface area contributed by atoms with E-state index >= 15 is 0 Å². The minimum atomic E-state index is -1.10. The molecule has 1 heterocycles. The third kappa shape index (κ3) is 1.53. The Labute approximate surface area is 108 Å². The lowest BCUT2D eigenvalue weighted by Crippen LogP contribution is -1.87. The maximum absolute atomic E-state index is 12.3. The molecule has 0 radical (unpaired) electrons. The molecule has 0 fully saturated rings. The van der Waals surface area contributed by atoms with Crippen molar-refractivity contribution < 1.29 is 13.7 Å². The van der Waals surface area contributed by atoms with Crippen LogP contribution in [0.2, 0.25) is 0 Å². The third-order valence-electron chi connectivity index (χ3n) is 3.06. The predicted octanol–water partition coefficient (Wildman–Crippen LogP) is 2.85. The molecule has 18 heavy (non-hydrogen) atoms. The molecule has 0 aromatic heterocycles. The Kier molecular flexibility index (Phi) is 2.59. The number of hydrogen-bond donors (Lipinski definition) is 0. The van der Waals surface area contributed by atoms with Gasteiger partial charge < -0.3 is 9.47 Å². The average molecular weight is 260 g/mol. The highest BCUT2D eigenvalue weighted by atomic mass is 32.2. The van der Waals surface area contributed by atoms with E-state index in [2.05, 4.69) is 0 Å². The molecule has 3 nitrogen and oxygen atoms in total. The molecule has 92 valence electrons. The Morgan fingerprint density at radius 1 is 0.833 bits per heavy atom. The monoisotopic (exact) mass is 260 g/mol. The van der Waals surface area contributed by atoms with E-state index in [-0.39, 0.29) is 0 Å². The fourth-order valence-electron chi connectivity index (χ4n) is 2.13. The fourth-order valence-corrected chi connectivity index (χ4v) is 3.49. The maximum Gasteiger partial charge on any atom is 0.119 e. The van der Waals surface area contributed by atoms with E-state index in [1.54, 1.807) is 14.2 Å². The quantitative estimate of drug-likeness (QED) is 0.710. The van der Waals surface area contributed by atoms with Gasteiger partial charge in [0.05, 0.1) is 34.8 Å². The van der Waals surface area contributed by atoms with E-state index in [0.717, 1.165) is 32.4 Å². The molecule has 2 aromatic rings. The number of benzene rings is 2. The van der Waals surface area contributed by atoms with Crippen LogP contribution in [0.4, 0.5) is 0 Å². The molecule has 0 spiro atoms. The lowest BCUT2D eigenvalue weighted by molar-refractivity contribution is 0.414. The molecule has 0 saturated heterocycles. The van der Waals surface area contributed by atoms with Gasteiger partial charge in [0.15, 0.2) is 0 Å². The lowest BCUT2D eigenvalue weighted by Gasteiger charge is -2.04. The van der Waals surface area contributed by atoms with Crippen LogP contribution in [-0.2, 0) is 10.8 Å². The zero-order valence-corrected chi connectivity index (χ0v) is 10.9. The standard InChI is InChI=1S/C14H12O3S/c1-16-9-3-5-13-11(7-9)12-8-10(17-2)4-6-14(12)18(13)15/h3-8H,1-2H3. The molecule has 0 aliphatic carbocycles. The molecule has 0 amide bonds. The average Bonchev–Trinajstić information content (AvgIpc) is 2.71. The van der Waals surface area contributed by atoms with Gasteiger partial charge in [-0.2, -0.15) is 0 Å². The maximum atomic E-state index is 12.3. The van der Waals surface area contributed by atoms with Gasteiger partial charge in [0, 0.05) is 11.1 Å². The van der Waals surface area contributed by atoms with Gasteiger partial charge in [-0.3, -0.25) is 0 Å². The van der Waals surface area contributed by atoms with E-state index in [1.807, 2.05) is 36.4 Å². The van der Waals surface area contributed by atoms with Crippen molar-refractivity contribution in [1.29, 1.82) is 0 Å². The van der Waals surface area contributed by atoms with Gasteiger partial charge >= 0.3 is 0 Å². The van der Waals surface area contributed by atoms with Crippen molar-refractivity contribution in [3.8, 4) is 22.6 Å². The van der Waals surface area contributed by atoms with E-state index < -0.39 is 10.8 Å². The van der Waals surface area contributed by atoms with Crippen LogP contribution in [0.3, 0.4) is 0 Å². The predicted molar refractivity (Wildman–Crippen MR) is 69.7 cm³/mol. The lowest BCUT2D eigenvalue weighted by atomic mass is 10.1. The smallest absolute Gasteiger partial charge is 0.119 e. The Balaban J connectivity index is 2.26. The molecule has 2 aromatic carbocycles. The van der Waals surface area contributed by atoms with Gasteiger partial charge in [-0.25, -0.2) is 4.21 Å². The number of hydrogen-bond acceptors (Lipinski definition) is 3. The third-order valence-corrected chi connectivity index (χ3v) is 4.57. The first-order valence-corrected chi connectivity index (χ1v) is 6.68. The van der Waals surface area contributed by atoms with Crippen molar-refractivity contribution in [3.05, 3.63) is 36.4 Å². The summed E-state index contributed by atoms with van der Waals surface area (Å²) in [6.07, 6.45) is 0. The second-order valence-electron chi connectivity index (χ2n) is 3.99. The van der Waals surface area contributed by atoms with Crippen molar-refractivity contribution in [2.24, 2.45) is 0 Å². The van der Waals surface area contributed by atoms with Crippen LogP contribution in [0.1, 0.15) is 0 Å². The van der Waals surface area contributed by atoms with Crippen molar-refractivity contribution in [2.75, 3.05) is 14.2 Å². The number of fused-ring (bicyclic) bond motifs is 3. The van der Waals surface area contributed by atoms with E-state index in [1.165, 1.54) is 0 Å². The molecular weight excluding hydrogens is 248 g/mol. The van der Waals surface area contributed by atoms with Crippen LogP contribution in [0.15, 0.2) is 46.2 Å². The van der Waals surface area contributed by atoms with Crippen LogP contribution in [0.25, 0.3) is 11.1 Å². The van der Waals surface area contributed by atoms with Crippen LogP contribution in [0.5, 0.6) is 11.5 Å². The van der Waals surface area contributed by atoms with Gasteiger partial charge in [0.25, 0.3) is 0 Å². The second kappa shape index (κ2) is 4.14. The molecule has 0 unspecified atom stereocenters. The Bertz CT molecular complexity index is 594. The number of methoxy groups -OCH3 is 2. The highest BCUT2D eigenvalue weighted by Crippen LogP contribution is 2.43. The normalized spacial score (nSPS) is 13.0.